The van der Waals surface area contributed by atoms with E-state index in [0.29, 0.717) is 36.6 Å². The smallest absolute Gasteiger partial charge is 0.238 e. The molecule has 30 heavy (non-hydrogen) atoms. The number of hydrogen-bond donors (Lipinski definition) is 3. The number of carbonyl (C=O) groups is 3. The monoisotopic (exact) mass is 409 g/mol. The van der Waals surface area contributed by atoms with E-state index < -0.39 is 11.3 Å². The lowest BCUT2D eigenvalue weighted by molar-refractivity contribution is -0.127. The molecule has 1 aromatic heterocycles. The predicted molar refractivity (Wildman–Crippen MR) is 115 cm³/mol. The summed E-state index contributed by atoms with van der Waals surface area (Å²) in [4.78, 5) is 42.7. The van der Waals surface area contributed by atoms with E-state index in [9.17, 15) is 14.4 Å². The first-order valence-corrected chi connectivity index (χ1v) is 9.92. The van der Waals surface area contributed by atoms with Crippen LogP contribution >= 0.6 is 0 Å². The molecule has 8 heteroatoms. The topological polar surface area (TPSA) is 117 Å². The number of likely N-dealkylation sites (tertiary alicyclic amines) is 1. The van der Waals surface area contributed by atoms with Crippen molar-refractivity contribution in [1.29, 1.82) is 0 Å². The Morgan fingerprint density at radius 1 is 1.20 bits per heavy atom. The van der Waals surface area contributed by atoms with Crippen molar-refractivity contribution in [1.82, 2.24) is 9.88 Å². The second kappa shape index (κ2) is 9.04. The molecule has 1 fully saturated rings. The zero-order valence-electron chi connectivity index (χ0n) is 17.3. The molecule has 2 aromatic rings. The van der Waals surface area contributed by atoms with Gasteiger partial charge < -0.3 is 16.4 Å². The molecule has 158 valence electrons. The van der Waals surface area contributed by atoms with E-state index in [1.807, 2.05) is 30.0 Å². The lowest BCUT2D eigenvalue weighted by atomic mass is 9.76. The number of rotatable bonds is 6. The Labute approximate surface area is 175 Å². The summed E-state index contributed by atoms with van der Waals surface area (Å²) < 4.78 is 0. The maximum Gasteiger partial charge on any atom is 0.238 e. The van der Waals surface area contributed by atoms with Crippen molar-refractivity contribution in [2.45, 2.75) is 32.1 Å². The molecule has 1 aliphatic heterocycles. The fourth-order valence-corrected chi connectivity index (χ4v) is 3.89. The van der Waals surface area contributed by atoms with Gasteiger partial charge in [0, 0.05) is 31.0 Å². The normalized spacial score (nSPS) is 19.1. The largest absolute Gasteiger partial charge is 0.369 e. The molecule has 0 radical (unpaired) electrons. The second-order valence-corrected chi connectivity index (χ2v) is 7.73. The van der Waals surface area contributed by atoms with Gasteiger partial charge in [0.05, 0.1) is 12.2 Å². The number of amides is 3. The highest BCUT2D eigenvalue weighted by atomic mass is 16.2. The number of aromatic nitrogens is 1. The van der Waals surface area contributed by atoms with Crippen molar-refractivity contribution in [2.75, 3.05) is 30.3 Å². The molecule has 1 saturated heterocycles. The molecule has 0 aliphatic carbocycles. The maximum absolute atomic E-state index is 12.6. The van der Waals surface area contributed by atoms with Crippen LogP contribution in [-0.2, 0) is 19.8 Å². The first-order chi connectivity index (χ1) is 14.3. The summed E-state index contributed by atoms with van der Waals surface area (Å²) >= 11 is 0. The number of hydrogen-bond acceptors (Lipinski definition) is 5. The number of nitrogens with one attached hydrogen (secondary N) is 2. The fourth-order valence-electron chi connectivity index (χ4n) is 3.89. The van der Waals surface area contributed by atoms with Gasteiger partial charge >= 0.3 is 0 Å². The minimum atomic E-state index is -0.901. The standard InChI is InChI=1S/C22H27N5O3/c1-15-7-8-17(12-18(15)25-16(2)28)26-20(29)13-27-11-5-9-22(14-27,21(23)30)19-6-3-4-10-24-19/h3-4,6-8,10,12H,5,9,11,13-14H2,1-2H3,(H2,23,30)(H,25,28)(H,26,29). The van der Waals surface area contributed by atoms with E-state index in [4.69, 9.17) is 5.73 Å². The summed E-state index contributed by atoms with van der Waals surface area (Å²) in [6.07, 6.45) is 3.00. The van der Waals surface area contributed by atoms with Crippen LogP contribution in [0.2, 0.25) is 0 Å². The molecule has 3 rings (SSSR count). The summed E-state index contributed by atoms with van der Waals surface area (Å²) in [5.74, 6) is -0.800. The third kappa shape index (κ3) is 4.83. The summed E-state index contributed by atoms with van der Waals surface area (Å²) in [6, 6.07) is 10.8. The minimum Gasteiger partial charge on any atom is -0.369 e. The molecule has 1 aliphatic rings. The molecule has 1 atom stereocenters. The van der Waals surface area contributed by atoms with Crippen LogP contribution in [0.1, 0.15) is 31.0 Å². The van der Waals surface area contributed by atoms with Gasteiger partial charge in [-0.25, -0.2) is 0 Å². The molecule has 0 spiro atoms. The molecular weight excluding hydrogens is 382 g/mol. The van der Waals surface area contributed by atoms with Crippen molar-refractivity contribution in [3.05, 3.63) is 53.9 Å². The molecule has 1 unspecified atom stereocenters. The summed E-state index contributed by atoms with van der Waals surface area (Å²) in [5.41, 5.74) is 7.67. The molecule has 4 N–H and O–H groups in total. The van der Waals surface area contributed by atoms with E-state index in [-0.39, 0.29) is 18.4 Å². The van der Waals surface area contributed by atoms with E-state index in [0.717, 1.165) is 12.0 Å². The Hall–Kier alpha value is -3.26. The molecule has 1 aromatic carbocycles. The van der Waals surface area contributed by atoms with Crippen LogP contribution in [0.5, 0.6) is 0 Å². The van der Waals surface area contributed by atoms with Gasteiger partial charge in [0.2, 0.25) is 17.7 Å². The number of pyridine rings is 1. The highest BCUT2D eigenvalue weighted by Gasteiger charge is 2.43. The Balaban J connectivity index is 1.70. The minimum absolute atomic E-state index is 0.130. The number of piperidine rings is 1. The van der Waals surface area contributed by atoms with Crippen molar-refractivity contribution >= 4 is 29.1 Å². The van der Waals surface area contributed by atoms with E-state index >= 15 is 0 Å². The zero-order valence-corrected chi connectivity index (χ0v) is 17.3. The van der Waals surface area contributed by atoms with Crippen LogP contribution in [0, 0.1) is 6.92 Å². The first-order valence-electron chi connectivity index (χ1n) is 9.92. The zero-order chi connectivity index (χ0) is 21.7. The second-order valence-electron chi connectivity index (χ2n) is 7.73. The summed E-state index contributed by atoms with van der Waals surface area (Å²) in [5, 5.41) is 5.61. The average molecular weight is 409 g/mol. The number of benzene rings is 1. The van der Waals surface area contributed by atoms with Crippen LogP contribution in [0.3, 0.4) is 0 Å². The summed E-state index contributed by atoms with van der Waals surface area (Å²) in [7, 11) is 0. The SMILES string of the molecule is CC(=O)Nc1cc(NC(=O)CN2CCCC(C(N)=O)(c3ccccn3)C2)ccc1C. The predicted octanol–water partition coefficient (Wildman–Crippen LogP) is 1.81. The lowest BCUT2D eigenvalue weighted by Crippen LogP contribution is -2.55. The van der Waals surface area contributed by atoms with Crippen LogP contribution in [-0.4, -0.2) is 47.2 Å². The van der Waals surface area contributed by atoms with E-state index in [1.54, 1.807) is 24.4 Å². The van der Waals surface area contributed by atoms with Crippen LogP contribution in [0.25, 0.3) is 0 Å². The number of anilines is 2. The first kappa shape index (κ1) is 21.4. The van der Waals surface area contributed by atoms with Gasteiger partial charge in [-0.2, -0.15) is 0 Å². The number of carbonyl (C=O) groups excluding carboxylic acids is 3. The number of aryl methyl sites for hydroxylation is 1. The Bertz CT molecular complexity index is 947. The third-order valence-corrected chi connectivity index (χ3v) is 5.40. The van der Waals surface area contributed by atoms with Gasteiger partial charge in [0.1, 0.15) is 5.41 Å². The molecule has 8 nitrogen and oxygen atoms in total. The number of nitrogens with zero attached hydrogens (tertiary/aromatic N) is 2. The van der Waals surface area contributed by atoms with Gasteiger partial charge in [-0.15, -0.1) is 0 Å². The van der Waals surface area contributed by atoms with Gasteiger partial charge in [0.25, 0.3) is 0 Å². The molecule has 0 saturated carbocycles. The molecule has 2 heterocycles. The lowest BCUT2D eigenvalue weighted by Gasteiger charge is -2.40. The average Bonchev–Trinajstić information content (AvgIpc) is 2.70. The highest BCUT2D eigenvalue weighted by Crippen LogP contribution is 2.32. The quantitative estimate of drug-likeness (QED) is 0.673. The van der Waals surface area contributed by atoms with E-state index in [1.165, 1.54) is 6.92 Å². The van der Waals surface area contributed by atoms with Gasteiger partial charge in [-0.3, -0.25) is 24.3 Å². The third-order valence-electron chi connectivity index (χ3n) is 5.40. The Morgan fingerprint density at radius 3 is 2.67 bits per heavy atom. The number of nitrogens with two attached hydrogens (primary N) is 1. The van der Waals surface area contributed by atoms with E-state index in [2.05, 4.69) is 15.6 Å². The van der Waals surface area contributed by atoms with Gasteiger partial charge in [-0.1, -0.05) is 12.1 Å². The Kier molecular flexibility index (Phi) is 6.47. The van der Waals surface area contributed by atoms with Gasteiger partial charge in [-0.05, 0) is 56.1 Å². The summed E-state index contributed by atoms with van der Waals surface area (Å²) in [6.45, 7) is 4.49. The molecule has 0 bridgehead atoms. The van der Waals surface area contributed by atoms with Crippen LogP contribution < -0.4 is 16.4 Å². The van der Waals surface area contributed by atoms with Crippen LogP contribution in [0.15, 0.2) is 42.6 Å². The Morgan fingerprint density at radius 2 is 2.00 bits per heavy atom. The van der Waals surface area contributed by atoms with Crippen LogP contribution in [0.4, 0.5) is 11.4 Å². The molecular formula is C22H27N5O3. The van der Waals surface area contributed by atoms with Gasteiger partial charge in [0.15, 0.2) is 0 Å². The van der Waals surface area contributed by atoms with Crippen molar-refractivity contribution in [3.63, 3.8) is 0 Å². The van der Waals surface area contributed by atoms with Crippen molar-refractivity contribution in [2.24, 2.45) is 5.73 Å². The number of primary amides is 1. The van der Waals surface area contributed by atoms with Crippen molar-refractivity contribution < 1.29 is 14.4 Å². The fraction of sp³-hybridized carbons (Fsp3) is 0.364. The maximum atomic E-state index is 12.6. The molecule has 3 amide bonds. The highest BCUT2D eigenvalue weighted by molar-refractivity contribution is 5.95. The van der Waals surface area contributed by atoms with Crippen molar-refractivity contribution in [3.8, 4) is 0 Å².